The fourth-order valence-electron chi connectivity index (χ4n) is 0.0833. The van der Waals surface area contributed by atoms with Crippen LogP contribution in [0.2, 0.25) is 0 Å². The Morgan fingerprint density at radius 3 is 2.29 bits per heavy atom. The lowest BCUT2D eigenvalue weighted by Crippen LogP contribution is -2.21. The fraction of sp³-hybridized carbons (Fsp3) is 0.600. The van der Waals surface area contributed by atoms with E-state index in [1.807, 2.05) is 0 Å². The van der Waals surface area contributed by atoms with E-state index in [0.29, 0.717) is 0 Å². The van der Waals surface area contributed by atoms with Gasteiger partial charge in [0, 0.05) is 7.11 Å². The van der Waals surface area contributed by atoms with Crippen molar-refractivity contribution in [1.29, 1.82) is 0 Å². The van der Waals surface area contributed by atoms with E-state index in [4.69, 9.17) is 5.11 Å². The molecule has 0 amide bonds. The Bertz CT molecular complexity index is 66.5. The number of hydrogen-bond donors (Lipinski definition) is 1. The molecule has 0 rings (SSSR count). The number of aliphatic hydroxyl groups is 1. The third-order valence-corrected chi connectivity index (χ3v) is 0.792. The first-order valence-electron chi connectivity index (χ1n) is 2.03. The summed E-state index contributed by atoms with van der Waals surface area (Å²) in [5, 5.41) is 8.79. The van der Waals surface area contributed by atoms with Crippen molar-refractivity contribution >= 4 is 0 Å². The summed E-state index contributed by atoms with van der Waals surface area (Å²) in [6, 6.07) is 0. The van der Waals surface area contributed by atoms with E-state index in [1.54, 1.807) is 0 Å². The van der Waals surface area contributed by atoms with Crippen molar-refractivity contribution in [2.24, 2.45) is 0 Å². The van der Waals surface area contributed by atoms with E-state index in [2.05, 4.69) is 11.3 Å². The molecule has 0 spiro atoms. The standard InChI is InChI=1S/C5H10O2/c1-4-5(2,6)7-3/h4,6H,1H2,2-3H3. The van der Waals surface area contributed by atoms with Crippen LogP contribution in [0.1, 0.15) is 6.92 Å². The molecule has 2 nitrogen and oxygen atoms in total. The topological polar surface area (TPSA) is 29.5 Å². The summed E-state index contributed by atoms with van der Waals surface area (Å²) in [6.45, 7) is 4.84. The average Bonchev–Trinajstić information content (AvgIpc) is 1.68. The van der Waals surface area contributed by atoms with Crippen LogP contribution in [0.25, 0.3) is 0 Å². The van der Waals surface area contributed by atoms with Crippen LogP contribution < -0.4 is 0 Å². The van der Waals surface area contributed by atoms with Crippen molar-refractivity contribution < 1.29 is 9.84 Å². The van der Waals surface area contributed by atoms with Gasteiger partial charge in [-0.25, -0.2) is 0 Å². The van der Waals surface area contributed by atoms with Crippen LogP contribution >= 0.6 is 0 Å². The Labute approximate surface area is 43.4 Å². The molecule has 0 bridgehead atoms. The van der Waals surface area contributed by atoms with E-state index >= 15 is 0 Å². The molecule has 0 fully saturated rings. The summed E-state index contributed by atoms with van der Waals surface area (Å²) in [4.78, 5) is 0. The van der Waals surface area contributed by atoms with Crippen LogP contribution in [-0.4, -0.2) is 18.0 Å². The number of methoxy groups -OCH3 is 1. The summed E-state index contributed by atoms with van der Waals surface area (Å²) in [6.07, 6.45) is 1.33. The quantitative estimate of drug-likeness (QED) is 0.407. The van der Waals surface area contributed by atoms with Gasteiger partial charge in [-0.2, -0.15) is 0 Å². The van der Waals surface area contributed by atoms with Crippen LogP contribution in [0.4, 0.5) is 0 Å². The molecule has 0 aromatic carbocycles. The highest BCUT2D eigenvalue weighted by atomic mass is 16.6. The largest absolute Gasteiger partial charge is 0.362 e. The summed E-state index contributed by atoms with van der Waals surface area (Å²) < 4.78 is 4.52. The summed E-state index contributed by atoms with van der Waals surface area (Å²) in [5.74, 6) is -1.15. The molecule has 0 aromatic rings. The maximum atomic E-state index is 8.79. The first-order chi connectivity index (χ1) is 3.12. The minimum Gasteiger partial charge on any atom is -0.362 e. The second-order valence-corrected chi connectivity index (χ2v) is 1.46. The van der Waals surface area contributed by atoms with E-state index in [1.165, 1.54) is 20.1 Å². The molecule has 42 valence electrons. The Morgan fingerprint density at radius 2 is 2.29 bits per heavy atom. The van der Waals surface area contributed by atoms with Crippen LogP contribution in [-0.2, 0) is 4.74 Å². The average molecular weight is 102 g/mol. The summed E-state index contributed by atoms with van der Waals surface area (Å²) in [7, 11) is 1.42. The Hall–Kier alpha value is -0.340. The van der Waals surface area contributed by atoms with Gasteiger partial charge in [0.1, 0.15) is 0 Å². The van der Waals surface area contributed by atoms with Crippen LogP contribution in [0.3, 0.4) is 0 Å². The van der Waals surface area contributed by atoms with Gasteiger partial charge < -0.3 is 9.84 Å². The van der Waals surface area contributed by atoms with Crippen molar-refractivity contribution in [2.45, 2.75) is 12.7 Å². The molecule has 1 unspecified atom stereocenters. The molecule has 0 aromatic heterocycles. The monoisotopic (exact) mass is 102 g/mol. The van der Waals surface area contributed by atoms with Crippen molar-refractivity contribution in [2.75, 3.05) is 7.11 Å². The van der Waals surface area contributed by atoms with Crippen LogP contribution in [0, 0.1) is 0 Å². The van der Waals surface area contributed by atoms with Gasteiger partial charge >= 0.3 is 0 Å². The Balaban J connectivity index is 3.58. The molecular weight excluding hydrogens is 92.1 g/mol. The van der Waals surface area contributed by atoms with Crippen molar-refractivity contribution in [3.63, 3.8) is 0 Å². The molecule has 0 aliphatic heterocycles. The number of rotatable bonds is 2. The van der Waals surface area contributed by atoms with Gasteiger partial charge in [0.2, 0.25) is 0 Å². The van der Waals surface area contributed by atoms with Gasteiger partial charge in [0.25, 0.3) is 0 Å². The first-order valence-corrected chi connectivity index (χ1v) is 2.03. The Morgan fingerprint density at radius 1 is 1.86 bits per heavy atom. The molecule has 0 radical (unpaired) electrons. The first kappa shape index (κ1) is 6.66. The van der Waals surface area contributed by atoms with Crippen LogP contribution in [0.5, 0.6) is 0 Å². The zero-order valence-corrected chi connectivity index (χ0v) is 4.64. The minimum atomic E-state index is -1.15. The molecule has 0 saturated heterocycles. The van der Waals surface area contributed by atoms with Gasteiger partial charge in [0.05, 0.1) is 0 Å². The maximum absolute atomic E-state index is 8.79. The fourth-order valence-corrected chi connectivity index (χ4v) is 0.0833. The lowest BCUT2D eigenvalue weighted by molar-refractivity contribution is -0.130. The van der Waals surface area contributed by atoms with Gasteiger partial charge in [-0.3, -0.25) is 0 Å². The number of ether oxygens (including phenoxy) is 1. The zero-order chi connectivity index (χ0) is 5.91. The van der Waals surface area contributed by atoms with Crippen molar-refractivity contribution in [3.05, 3.63) is 12.7 Å². The smallest absolute Gasteiger partial charge is 0.181 e. The van der Waals surface area contributed by atoms with Gasteiger partial charge in [-0.1, -0.05) is 6.58 Å². The molecule has 1 atom stereocenters. The van der Waals surface area contributed by atoms with Crippen molar-refractivity contribution in [3.8, 4) is 0 Å². The Kier molecular flexibility index (Phi) is 1.99. The minimum absolute atomic E-state index is 1.15. The highest BCUT2D eigenvalue weighted by molar-refractivity contribution is 4.82. The maximum Gasteiger partial charge on any atom is 0.181 e. The lowest BCUT2D eigenvalue weighted by atomic mass is 10.3. The third kappa shape index (κ3) is 2.37. The lowest BCUT2D eigenvalue weighted by Gasteiger charge is -2.14. The van der Waals surface area contributed by atoms with Gasteiger partial charge in [-0.15, -0.1) is 0 Å². The zero-order valence-electron chi connectivity index (χ0n) is 4.64. The van der Waals surface area contributed by atoms with Gasteiger partial charge in [0.15, 0.2) is 5.79 Å². The molecule has 0 aliphatic carbocycles. The molecule has 1 N–H and O–H groups in total. The second-order valence-electron chi connectivity index (χ2n) is 1.46. The van der Waals surface area contributed by atoms with E-state index in [-0.39, 0.29) is 0 Å². The SMILES string of the molecule is C=CC(C)(O)OC. The van der Waals surface area contributed by atoms with Crippen molar-refractivity contribution in [1.82, 2.24) is 0 Å². The molecule has 7 heavy (non-hydrogen) atoms. The summed E-state index contributed by atoms with van der Waals surface area (Å²) in [5.41, 5.74) is 0. The van der Waals surface area contributed by atoms with E-state index in [0.717, 1.165) is 0 Å². The molecule has 0 saturated carbocycles. The predicted octanol–water partition coefficient (Wildman–Crippen LogP) is 0.527. The van der Waals surface area contributed by atoms with Crippen LogP contribution in [0.15, 0.2) is 12.7 Å². The van der Waals surface area contributed by atoms with E-state index < -0.39 is 5.79 Å². The number of hydrogen-bond acceptors (Lipinski definition) is 2. The summed E-state index contributed by atoms with van der Waals surface area (Å²) >= 11 is 0. The molecular formula is C5H10O2. The normalized spacial score (nSPS) is 18.1. The molecule has 0 aliphatic rings. The highest BCUT2D eigenvalue weighted by Crippen LogP contribution is 2.01. The third-order valence-electron chi connectivity index (χ3n) is 0.792. The predicted molar refractivity (Wildman–Crippen MR) is 27.8 cm³/mol. The second kappa shape index (κ2) is 2.09. The molecule has 2 heteroatoms. The van der Waals surface area contributed by atoms with Gasteiger partial charge in [-0.05, 0) is 13.0 Å². The molecule has 0 heterocycles. The van der Waals surface area contributed by atoms with E-state index in [9.17, 15) is 0 Å². The highest BCUT2D eigenvalue weighted by Gasteiger charge is 2.10.